The number of anilines is 1. The summed E-state index contributed by atoms with van der Waals surface area (Å²) in [5, 5.41) is 6.28. The molecule has 1 amide bonds. The van der Waals surface area contributed by atoms with E-state index in [1.54, 1.807) is 0 Å². The molecule has 6 heteroatoms. The molecule has 1 aliphatic carbocycles. The fraction of sp³-hybridized carbons (Fsp3) is 0.545. The summed E-state index contributed by atoms with van der Waals surface area (Å²) in [6.07, 6.45) is 4.60. The van der Waals surface area contributed by atoms with Gasteiger partial charge in [-0.15, -0.1) is 0 Å². The molecule has 0 radical (unpaired) electrons. The van der Waals surface area contributed by atoms with E-state index in [2.05, 4.69) is 20.6 Å². The second kappa shape index (κ2) is 5.82. The van der Waals surface area contributed by atoms with Gasteiger partial charge in [-0.05, 0) is 25.7 Å². The third kappa shape index (κ3) is 3.06. The summed E-state index contributed by atoms with van der Waals surface area (Å²) < 4.78 is 0. The van der Waals surface area contributed by atoms with Crippen LogP contribution in [0.1, 0.15) is 24.1 Å². The molecule has 0 spiro atoms. The highest BCUT2D eigenvalue weighted by Crippen LogP contribution is 2.26. The van der Waals surface area contributed by atoms with Crippen LogP contribution in [0.25, 0.3) is 0 Å². The number of nitrogens with one attached hydrogen (secondary N) is 2. The van der Waals surface area contributed by atoms with E-state index in [9.17, 15) is 4.79 Å². The number of carbonyl (C=O) groups excluding carboxylic acids is 1. The van der Waals surface area contributed by atoms with Crippen molar-refractivity contribution >= 4 is 24.0 Å². The van der Waals surface area contributed by atoms with Gasteiger partial charge in [0.25, 0.3) is 0 Å². The topological polar surface area (TPSA) is 66.9 Å². The number of aryl methyl sites for hydroxylation is 1. The lowest BCUT2D eigenvalue weighted by molar-refractivity contribution is -0.109. The van der Waals surface area contributed by atoms with Gasteiger partial charge in [-0.1, -0.05) is 11.6 Å². The lowest BCUT2D eigenvalue weighted by Gasteiger charge is -2.07. The molecule has 17 heavy (non-hydrogen) atoms. The van der Waals surface area contributed by atoms with Crippen LogP contribution in [0.3, 0.4) is 0 Å². The average molecular weight is 255 g/mol. The normalized spacial score (nSPS) is 13.2. The minimum atomic E-state index is 0.570. The van der Waals surface area contributed by atoms with Crippen LogP contribution >= 0.6 is 11.6 Å². The first-order valence-corrected chi connectivity index (χ1v) is 6.15. The van der Waals surface area contributed by atoms with E-state index in [1.165, 1.54) is 0 Å². The summed E-state index contributed by atoms with van der Waals surface area (Å²) in [5.74, 6) is 0.585. The Labute approximate surface area is 105 Å². The van der Waals surface area contributed by atoms with Crippen LogP contribution in [0.2, 0.25) is 5.15 Å². The standard InChI is InChI=1S/C11H15ClN4O/c12-10-8-3-1-4-9(8)15-11(16-10)14-6-2-5-13-7-17/h7H,1-6H2,(H,13,17)(H,14,15,16). The summed E-state index contributed by atoms with van der Waals surface area (Å²) in [4.78, 5) is 18.7. The van der Waals surface area contributed by atoms with Crippen molar-refractivity contribution in [1.29, 1.82) is 0 Å². The summed E-state index contributed by atoms with van der Waals surface area (Å²) in [5.41, 5.74) is 2.17. The molecule has 2 N–H and O–H groups in total. The third-order valence-corrected chi connectivity index (χ3v) is 3.06. The smallest absolute Gasteiger partial charge is 0.224 e. The number of amides is 1. The predicted molar refractivity (Wildman–Crippen MR) is 66.2 cm³/mol. The molecule has 0 unspecified atom stereocenters. The van der Waals surface area contributed by atoms with E-state index in [0.717, 1.165) is 43.5 Å². The first-order valence-electron chi connectivity index (χ1n) is 5.77. The SMILES string of the molecule is O=CNCCCNc1nc(Cl)c2c(n1)CCC2. The summed E-state index contributed by atoms with van der Waals surface area (Å²) >= 11 is 6.09. The fourth-order valence-corrected chi connectivity index (χ4v) is 2.20. The van der Waals surface area contributed by atoms with Crippen molar-refractivity contribution in [3.8, 4) is 0 Å². The maximum atomic E-state index is 10.0. The molecular weight excluding hydrogens is 240 g/mol. The number of hydrogen-bond acceptors (Lipinski definition) is 4. The second-order valence-electron chi connectivity index (χ2n) is 3.97. The molecule has 0 saturated heterocycles. The van der Waals surface area contributed by atoms with E-state index in [4.69, 9.17) is 11.6 Å². The maximum absolute atomic E-state index is 10.0. The Morgan fingerprint density at radius 2 is 2.18 bits per heavy atom. The molecular formula is C11H15ClN4O. The van der Waals surface area contributed by atoms with E-state index >= 15 is 0 Å². The zero-order chi connectivity index (χ0) is 12.1. The van der Waals surface area contributed by atoms with Crippen LogP contribution in [0.15, 0.2) is 0 Å². The van der Waals surface area contributed by atoms with Gasteiger partial charge in [0.05, 0.1) is 5.69 Å². The molecule has 5 nitrogen and oxygen atoms in total. The molecule has 92 valence electrons. The number of nitrogens with zero attached hydrogens (tertiary/aromatic N) is 2. The van der Waals surface area contributed by atoms with E-state index < -0.39 is 0 Å². The lowest BCUT2D eigenvalue weighted by Crippen LogP contribution is -2.16. The van der Waals surface area contributed by atoms with Crippen molar-refractivity contribution in [2.45, 2.75) is 25.7 Å². The molecule has 0 fully saturated rings. The number of fused-ring (bicyclic) bond motifs is 1. The third-order valence-electron chi connectivity index (χ3n) is 2.75. The van der Waals surface area contributed by atoms with Gasteiger partial charge in [0.1, 0.15) is 5.15 Å². The van der Waals surface area contributed by atoms with E-state index in [0.29, 0.717) is 24.1 Å². The van der Waals surface area contributed by atoms with E-state index in [1.807, 2.05) is 0 Å². The van der Waals surface area contributed by atoms with Crippen molar-refractivity contribution in [1.82, 2.24) is 15.3 Å². The molecule has 1 aliphatic rings. The van der Waals surface area contributed by atoms with Gasteiger partial charge >= 0.3 is 0 Å². The monoisotopic (exact) mass is 254 g/mol. The summed E-state index contributed by atoms with van der Waals surface area (Å²) in [7, 11) is 0. The van der Waals surface area contributed by atoms with Gasteiger partial charge in [0.2, 0.25) is 12.4 Å². The molecule has 0 saturated carbocycles. The van der Waals surface area contributed by atoms with Gasteiger partial charge in [-0.3, -0.25) is 4.79 Å². The van der Waals surface area contributed by atoms with Gasteiger partial charge in [0.15, 0.2) is 0 Å². The highest BCUT2D eigenvalue weighted by Gasteiger charge is 2.17. The molecule has 1 aromatic heterocycles. The maximum Gasteiger partial charge on any atom is 0.224 e. The molecule has 1 heterocycles. The number of carbonyl (C=O) groups is 1. The quantitative estimate of drug-likeness (QED) is 0.454. The Kier molecular flexibility index (Phi) is 4.14. The zero-order valence-corrected chi connectivity index (χ0v) is 10.3. The van der Waals surface area contributed by atoms with Crippen LogP contribution in [-0.4, -0.2) is 29.5 Å². The number of aromatic nitrogens is 2. The molecule has 2 rings (SSSR count). The first-order chi connectivity index (χ1) is 8.31. The minimum Gasteiger partial charge on any atom is -0.359 e. The molecule has 0 aliphatic heterocycles. The summed E-state index contributed by atoms with van der Waals surface area (Å²) in [6.45, 7) is 1.37. The van der Waals surface area contributed by atoms with Crippen LogP contribution in [0.5, 0.6) is 0 Å². The number of rotatable bonds is 6. The lowest BCUT2D eigenvalue weighted by atomic mass is 10.3. The molecule has 0 aromatic carbocycles. The minimum absolute atomic E-state index is 0.570. The Hall–Kier alpha value is -1.36. The molecule has 1 aromatic rings. The molecule has 0 bridgehead atoms. The Morgan fingerprint density at radius 3 is 3.00 bits per heavy atom. The van der Waals surface area contributed by atoms with Crippen molar-refractivity contribution in [2.75, 3.05) is 18.4 Å². The Morgan fingerprint density at radius 1 is 1.29 bits per heavy atom. The first kappa shape index (κ1) is 12.1. The van der Waals surface area contributed by atoms with Gasteiger partial charge in [-0.25, -0.2) is 9.97 Å². The van der Waals surface area contributed by atoms with Crippen molar-refractivity contribution in [3.63, 3.8) is 0 Å². The van der Waals surface area contributed by atoms with Gasteiger partial charge in [0, 0.05) is 18.7 Å². The molecule has 0 atom stereocenters. The van der Waals surface area contributed by atoms with Crippen molar-refractivity contribution in [2.24, 2.45) is 0 Å². The summed E-state index contributed by atoms with van der Waals surface area (Å²) in [6, 6.07) is 0. The highest BCUT2D eigenvalue weighted by molar-refractivity contribution is 6.30. The van der Waals surface area contributed by atoms with Crippen molar-refractivity contribution < 1.29 is 4.79 Å². The van der Waals surface area contributed by atoms with E-state index in [-0.39, 0.29) is 0 Å². The predicted octanol–water partition coefficient (Wildman–Crippen LogP) is 1.17. The second-order valence-corrected chi connectivity index (χ2v) is 4.33. The fourth-order valence-electron chi connectivity index (χ4n) is 1.92. The zero-order valence-electron chi connectivity index (χ0n) is 9.50. The van der Waals surface area contributed by atoms with Crippen LogP contribution < -0.4 is 10.6 Å². The highest BCUT2D eigenvalue weighted by atomic mass is 35.5. The van der Waals surface area contributed by atoms with Crippen LogP contribution in [0, 0.1) is 0 Å². The van der Waals surface area contributed by atoms with Crippen LogP contribution in [0.4, 0.5) is 5.95 Å². The Balaban J connectivity index is 1.89. The number of halogens is 1. The van der Waals surface area contributed by atoms with Crippen molar-refractivity contribution in [3.05, 3.63) is 16.4 Å². The van der Waals surface area contributed by atoms with Gasteiger partial charge < -0.3 is 10.6 Å². The Bertz CT molecular complexity index is 411. The number of hydrogen-bond donors (Lipinski definition) is 2. The van der Waals surface area contributed by atoms with Gasteiger partial charge in [-0.2, -0.15) is 0 Å². The largest absolute Gasteiger partial charge is 0.359 e. The van der Waals surface area contributed by atoms with Crippen LogP contribution in [-0.2, 0) is 17.6 Å². The average Bonchev–Trinajstić information content (AvgIpc) is 2.77.